The highest BCUT2D eigenvalue weighted by atomic mass is 16.5. The molecule has 2 aromatic heterocycles. The van der Waals surface area contributed by atoms with Gasteiger partial charge >= 0.3 is 0 Å². The number of aromatic nitrogens is 2. The van der Waals surface area contributed by atoms with Gasteiger partial charge in [0.25, 0.3) is 5.91 Å². The van der Waals surface area contributed by atoms with Crippen LogP contribution < -0.4 is 4.74 Å². The summed E-state index contributed by atoms with van der Waals surface area (Å²) in [4.78, 5) is 37.7. The highest BCUT2D eigenvalue weighted by Crippen LogP contribution is 2.17. The van der Waals surface area contributed by atoms with Crippen molar-refractivity contribution in [3.63, 3.8) is 0 Å². The number of amides is 2. The average Bonchev–Trinajstić information content (AvgIpc) is 3.02. The van der Waals surface area contributed by atoms with Gasteiger partial charge in [0.1, 0.15) is 18.0 Å². The summed E-state index contributed by atoms with van der Waals surface area (Å²) in [6, 6.07) is 16.5. The number of methoxy groups -OCH3 is 1. The second-order valence-electron chi connectivity index (χ2n) is 7.82. The number of carbonyl (C=O) groups is 2. The lowest BCUT2D eigenvalue weighted by Gasteiger charge is -2.25. The fourth-order valence-corrected chi connectivity index (χ4v) is 3.69. The molecule has 0 aliphatic carbocycles. The zero-order valence-corrected chi connectivity index (χ0v) is 18.5. The third kappa shape index (κ3) is 5.93. The molecule has 0 radical (unpaired) electrons. The molecule has 170 valence electrons. The first-order valence-electron chi connectivity index (χ1n) is 10.7. The Kier molecular flexibility index (Phi) is 7.26. The van der Waals surface area contributed by atoms with Gasteiger partial charge in [-0.25, -0.2) is 0 Å². The van der Waals surface area contributed by atoms with Crippen molar-refractivity contribution in [1.29, 1.82) is 0 Å². The van der Waals surface area contributed by atoms with Crippen molar-refractivity contribution in [2.45, 2.75) is 19.3 Å². The fourth-order valence-electron chi connectivity index (χ4n) is 3.69. The molecule has 1 fully saturated rings. The number of hydrogen-bond acceptors (Lipinski definition) is 6. The van der Waals surface area contributed by atoms with E-state index in [2.05, 4.69) is 9.97 Å². The van der Waals surface area contributed by atoms with Gasteiger partial charge in [0.15, 0.2) is 0 Å². The molecule has 1 aliphatic rings. The summed E-state index contributed by atoms with van der Waals surface area (Å²) < 4.78 is 11.4. The molecule has 0 N–H and O–H groups in total. The molecule has 2 amide bonds. The van der Waals surface area contributed by atoms with Crippen molar-refractivity contribution in [1.82, 2.24) is 19.8 Å². The zero-order valence-electron chi connectivity index (χ0n) is 18.5. The number of hydrogen-bond donors (Lipinski definition) is 0. The quantitative estimate of drug-likeness (QED) is 0.555. The molecule has 0 saturated carbocycles. The lowest BCUT2D eigenvalue weighted by atomic mass is 10.2. The highest BCUT2D eigenvalue weighted by molar-refractivity contribution is 5.95. The first kappa shape index (κ1) is 22.4. The van der Waals surface area contributed by atoms with E-state index < -0.39 is 0 Å². The van der Waals surface area contributed by atoms with Crippen LogP contribution in [0.4, 0.5) is 0 Å². The van der Waals surface area contributed by atoms with E-state index in [1.54, 1.807) is 48.8 Å². The van der Waals surface area contributed by atoms with Crippen LogP contribution in [0.2, 0.25) is 0 Å². The summed E-state index contributed by atoms with van der Waals surface area (Å²) in [5.41, 5.74) is 2.21. The van der Waals surface area contributed by atoms with E-state index in [9.17, 15) is 9.59 Å². The minimum absolute atomic E-state index is 0.0294. The Bertz CT molecular complexity index is 1060. The summed E-state index contributed by atoms with van der Waals surface area (Å²) in [7, 11) is 1.62. The molecule has 1 saturated heterocycles. The van der Waals surface area contributed by atoms with Gasteiger partial charge in [-0.15, -0.1) is 0 Å². The van der Waals surface area contributed by atoms with Crippen LogP contribution in [0.1, 0.15) is 21.6 Å². The highest BCUT2D eigenvalue weighted by Gasteiger charge is 2.31. The summed E-state index contributed by atoms with van der Waals surface area (Å²) in [5.74, 6) is 0.332. The summed E-state index contributed by atoms with van der Waals surface area (Å²) in [5, 5.41) is 0. The van der Waals surface area contributed by atoms with Gasteiger partial charge < -0.3 is 19.3 Å². The predicted molar refractivity (Wildman–Crippen MR) is 121 cm³/mol. The Balaban J connectivity index is 1.52. The van der Waals surface area contributed by atoms with Crippen LogP contribution in [0.3, 0.4) is 0 Å². The third-order valence-corrected chi connectivity index (χ3v) is 5.44. The molecule has 0 bridgehead atoms. The van der Waals surface area contributed by atoms with Crippen LogP contribution in [0.5, 0.6) is 5.75 Å². The molecule has 0 spiro atoms. The van der Waals surface area contributed by atoms with Crippen molar-refractivity contribution in [2.24, 2.45) is 0 Å². The topological polar surface area (TPSA) is 84.9 Å². The summed E-state index contributed by atoms with van der Waals surface area (Å²) in [6.07, 6.45) is 4.66. The molecule has 8 heteroatoms. The minimum atomic E-state index is -0.359. The van der Waals surface area contributed by atoms with Crippen LogP contribution in [-0.2, 0) is 22.7 Å². The van der Waals surface area contributed by atoms with Gasteiger partial charge in [-0.05, 0) is 41.5 Å². The molecule has 1 aliphatic heterocycles. The zero-order chi connectivity index (χ0) is 23.0. The van der Waals surface area contributed by atoms with Gasteiger partial charge in [-0.3, -0.25) is 19.6 Å². The van der Waals surface area contributed by atoms with E-state index in [1.807, 2.05) is 36.4 Å². The monoisotopic (exact) mass is 446 g/mol. The van der Waals surface area contributed by atoms with E-state index in [1.165, 1.54) is 4.90 Å². The molecule has 33 heavy (non-hydrogen) atoms. The molecule has 1 unspecified atom stereocenters. The number of rotatable bonds is 7. The number of ether oxygens (including phenoxy) is 2. The second-order valence-corrected chi connectivity index (χ2v) is 7.82. The number of pyridine rings is 2. The molecule has 3 aromatic rings. The van der Waals surface area contributed by atoms with E-state index in [4.69, 9.17) is 9.47 Å². The minimum Gasteiger partial charge on any atom is -0.497 e. The molecular formula is C25H26N4O4. The van der Waals surface area contributed by atoms with Crippen LogP contribution >= 0.6 is 0 Å². The van der Waals surface area contributed by atoms with Crippen molar-refractivity contribution in [3.8, 4) is 5.75 Å². The van der Waals surface area contributed by atoms with Gasteiger partial charge in [-0.1, -0.05) is 24.3 Å². The molecule has 1 aromatic carbocycles. The Morgan fingerprint density at radius 3 is 2.58 bits per heavy atom. The maximum absolute atomic E-state index is 13.1. The smallest absolute Gasteiger partial charge is 0.273 e. The Morgan fingerprint density at radius 2 is 1.88 bits per heavy atom. The van der Waals surface area contributed by atoms with Crippen LogP contribution in [-0.4, -0.2) is 64.4 Å². The molecule has 1 atom stereocenters. The Labute approximate surface area is 192 Å². The van der Waals surface area contributed by atoms with Crippen LogP contribution in [0, 0.1) is 0 Å². The number of nitrogens with zero attached hydrogens (tertiary/aromatic N) is 4. The SMILES string of the molecule is COc1ccc(CN2CC(OCc3cccnc3)CN(C(=O)c3ccccn3)CC2=O)cc1. The number of carbonyl (C=O) groups excluding carboxylic acids is 2. The largest absolute Gasteiger partial charge is 0.497 e. The summed E-state index contributed by atoms with van der Waals surface area (Å²) in [6.45, 7) is 1.39. The lowest BCUT2D eigenvalue weighted by molar-refractivity contribution is -0.132. The van der Waals surface area contributed by atoms with Gasteiger partial charge in [-0.2, -0.15) is 0 Å². The average molecular weight is 447 g/mol. The fraction of sp³-hybridized carbons (Fsp3) is 0.280. The second kappa shape index (κ2) is 10.7. The van der Waals surface area contributed by atoms with Crippen molar-refractivity contribution < 1.29 is 19.1 Å². The maximum atomic E-state index is 13.1. The third-order valence-electron chi connectivity index (χ3n) is 5.44. The van der Waals surface area contributed by atoms with E-state index >= 15 is 0 Å². The van der Waals surface area contributed by atoms with Gasteiger partial charge in [0, 0.05) is 38.2 Å². The molecular weight excluding hydrogens is 420 g/mol. The standard InChI is InChI=1S/C25H26N4O4/c1-32-21-9-7-19(8-10-21)14-28-15-22(33-18-20-5-4-11-26-13-20)16-29(17-24(28)30)25(31)23-6-2-3-12-27-23/h2-13,22H,14-18H2,1H3. The summed E-state index contributed by atoms with van der Waals surface area (Å²) >= 11 is 0. The van der Waals surface area contributed by atoms with Crippen LogP contribution in [0.25, 0.3) is 0 Å². The van der Waals surface area contributed by atoms with Crippen molar-refractivity contribution >= 4 is 11.8 Å². The predicted octanol–water partition coefficient (Wildman–Crippen LogP) is 2.56. The van der Waals surface area contributed by atoms with Crippen molar-refractivity contribution in [2.75, 3.05) is 26.7 Å². The van der Waals surface area contributed by atoms with E-state index in [0.717, 1.165) is 16.9 Å². The van der Waals surface area contributed by atoms with Crippen molar-refractivity contribution in [3.05, 3.63) is 90.0 Å². The van der Waals surface area contributed by atoms with Gasteiger partial charge in [0.05, 0.1) is 19.8 Å². The van der Waals surface area contributed by atoms with Crippen LogP contribution in [0.15, 0.2) is 73.2 Å². The van der Waals surface area contributed by atoms with E-state index in [-0.39, 0.29) is 24.5 Å². The normalized spacial score (nSPS) is 16.4. The first-order chi connectivity index (χ1) is 16.1. The Hall–Kier alpha value is -3.78. The molecule has 8 nitrogen and oxygen atoms in total. The maximum Gasteiger partial charge on any atom is 0.273 e. The number of benzene rings is 1. The Morgan fingerprint density at radius 1 is 1.03 bits per heavy atom. The lowest BCUT2D eigenvalue weighted by Crippen LogP contribution is -2.40. The first-order valence-corrected chi connectivity index (χ1v) is 10.7. The van der Waals surface area contributed by atoms with Gasteiger partial charge in [0.2, 0.25) is 5.91 Å². The molecule has 3 heterocycles. The van der Waals surface area contributed by atoms with E-state index in [0.29, 0.717) is 31.9 Å². The molecule has 4 rings (SSSR count).